The second kappa shape index (κ2) is 6.81. The van der Waals surface area contributed by atoms with Crippen molar-refractivity contribution in [3.8, 4) is 0 Å². The Bertz CT molecular complexity index is 520. The van der Waals surface area contributed by atoms with Gasteiger partial charge in [0.05, 0.1) is 0 Å². The van der Waals surface area contributed by atoms with Crippen LogP contribution in [0.4, 0.5) is 10.9 Å². The van der Waals surface area contributed by atoms with Crippen molar-refractivity contribution in [3.63, 3.8) is 0 Å². The molecule has 3 heterocycles. The van der Waals surface area contributed by atoms with Gasteiger partial charge in [-0.25, -0.2) is 9.97 Å². The summed E-state index contributed by atoms with van der Waals surface area (Å²) in [6, 6.07) is 4.26. The van der Waals surface area contributed by atoms with Crippen LogP contribution < -0.4 is 10.6 Å². The summed E-state index contributed by atoms with van der Waals surface area (Å²) in [6.07, 6.45) is 8.73. The van der Waals surface area contributed by atoms with E-state index in [2.05, 4.69) is 32.7 Å². The van der Waals surface area contributed by atoms with Crippen LogP contribution in [0.1, 0.15) is 24.8 Å². The van der Waals surface area contributed by atoms with Gasteiger partial charge in [-0.1, -0.05) is 0 Å². The van der Waals surface area contributed by atoms with E-state index in [1.165, 1.54) is 37.9 Å². The van der Waals surface area contributed by atoms with Crippen molar-refractivity contribution in [2.24, 2.45) is 5.92 Å². The molecule has 0 radical (unpaired) electrons. The van der Waals surface area contributed by atoms with Gasteiger partial charge >= 0.3 is 0 Å². The SMILES string of the molecule is c1cc(CCC2CCNCC2)cc(Nc2nccs2)n1. The van der Waals surface area contributed by atoms with E-state index in [0.717, 1.165) is 23.3 Å². The highest BCUT2D eigenvalue weighted by Gasteiger charge is 2.12. The molecule has 106 valence electrons. The quantitative estimate of drug-likeness (QED) is 0.887. The highest BCUT2D eigenvalue weighted by Crippen LogP contribution is 2.21. The molecule has 4 nitrogen and oxygen atoms in total. The lowest BCUT2D eigenvalue weighted by atomic mass is 9.91. The van der Waals surface area contributed by atoms with E-state index in [0.29, 0.717) is 0 Å². The Hall–Kier alpha value is -1.46. The molecule has 0 atom stereocenters. The van der Waals surface area contributed by atoms with Crippen molar-refractivity contribution in [3.05, 3.63) is 35.5 Å². The summed E-state index contributed by atoms with van der Waals surface area (Å²) >= 11 is 1.59. The molecular formula is C15H20N4S. The summed E-state index contributed by atoms with van der Waals surface area (Å²) in [5, 5.41) is 9.53. The maximum absolute atomic E-state index is 4.35. The van der Waals surface area contributed by atoms with Gasteiger partial charge in [0.15, 0.2) is 5.13 Å². The molecule has 1 saturated heterocycles. The maximum Gasteiger partial charge on any atom is 0.188 e. The maximum atomic E-state index is 4.35. The number of hydrogen-bond donors (Lipinski definition) is 2. The second-order valence-corrected chi connectivity index (χ2v) is 6.14. The summed E-state index contributed by atoms with van der Waals surface area (Å²) in [5.74, 6) is 1.77. The van der Waals surface area contributed by atoms with Gasteiger partial charge in [-0.2, -0.15) is 0 Å². The van der Waals surface area contributed by atoms with Crippen LogP contribution in [0.5, 0.6) is 0 Å². The Morgan fingerprint density at radius 2 is 2.15 bits per heavy atom. The van der Waals surface area contributed by atoms with Crippen LogP contribution in [0.2, 0.25) is 0 Å². The lowest BCUT2D eigenvalue weighted by molar-refractivity contribution is 0.354. The van der Waals surface area contributed by atoms with Crippen molar-refractivity contribution in [1.29, 1.82) is 0 Å². The number of anilines is 2. The number of rotatable bonds is 5. The number of piperidine rings is 1. The fourth-order valence-corrected chi connectivity index (χ4v) is 3.17. The summed E-state index contributed by atoms with van der Waals surface area (Å²) < 4.78 is 0. The number of nitrogens with zero attached hydrogens (tertiary/aromatic N) is 2. The first-order chi connectivity index (χ1) is 9.90. The van der Waals surface area contributed by atoms with E-state index in [1.54, 1.807) is 17.5 Å². The van der Waals surface area contributed by atoms with Crippen LogP contribution in [0.15, 0.2) is 29.9 Å². The average Bonchev–Trinajstić information content (AvgIpc) is 3.00. The lowest BCUT2D eigenvalue weighted by Crippen LogP contribution is -2.27. The molecule has 1 fully saturated rings. The number of aromatic nitrogens is 2. The number of nitrogens with one attached hydrogen (secondary N) is 2. The molecule has 20 heavy (non-hydrogen) atoms. The number of pyridine rings is 1. The van der Waals surface area contributed by atoms with Gasteiger partial charge in [-0.3, -0.25) is 0 Å². The van der Waals surface area contributed by atoms with Crippen LogP contribution in [0.3, 0.4) is 0 Å². The molecule has 0 bridgehead atoms. The van der Waals surface area contributed by atoms with Crippen LogP contribution in [-0.2, 0) is 6.42 Å². The molecule has 1 aliphatic heterocycles. The van der Waals surface area contributed by atoms with E-state index < -0.39 is 0 Å². The molecular weight excluding hydrogens is 268 g/mol. The third-order valence-electron chi connectivity index (χ3n) is 3.79. The average molecular weight is 288 g/mol. The first kappa shape index (κ1) is 13.5. The van der Waals surface area contributed by atoms with Crippen LogP contribution in [-0.4, -0.2) is 23.1 Å². The monoisotopic (exact) mass is 288 g/mol. The molecule has 5 heteroatoms. The van der Waals surface area contributed by atoms with Crippen molar-refractivity contribution < 1.29 is 0 Å². The number of thiazole rings is 1. The molecule has 2 aromatic heterocycles. The predicted molar refractivity (Wildman–Crippen MR) is 83.5 cm³/mol. The highest BCUT2D eigenvalue weighted by atomic mass is 32.1. The fraction of sp³-hybridized carbons (Fsp3) is 0.467. The molecule has 0 saturated carbocycles. The van der Waals surface area contributed by atoms with E-state index in [9.17, 15) is 0 Å². The van der Waals surface area contributed by atoms with Crippen molar-refractivity contribution in [2.75, 3.05) is 18.4 Å². The molecule has 2 N–H and O–H groups in total. The van der Waals surface area contributed by atoms with Crippen molar-refractivity contribution in [2.45, 2.75) is 25.7 Å². The Morgan fingerprint density at radius 3 is 2.95 bits per heavy atom. The molecule has 0 unspecified atom stereocenters. The van der Waals surface area contributed by atoms with Gasteiger partial charge in [0.2, 0.25) is 0 Å². The van der Waals surface area contributed by atoms with Gasteiger partial charge in [-0.15, -0.1) is 11.3 Å². The zero-order valence-electron chi connectivity index (χ0n) is 11.5. The summed E-state index contributed by atoms with van der Waals surface area (Å²) in [5.41, 5.74) is 1.36. The molecule has 0 amide bonds. The zero-order chi connectivity index (χ0) is 13.6. The van der Waals surface area contributed by atoms with Crippen molar-refractivity contribution >= 4 is 22.3 Å². The van der Waals surface area contributed by atoms with Gasteiger partial charge in [0.1, 0.15) is 5.82 Å². The molecule has 2 aromatic rings. The summed E-state index contributed by atoms with van der Waals surface area (Å²) in [7, 11) is 0. The number of hydrogen-bond acceptors (Lipinski definition) is 5. The summed E-state index contributed by atoms with van der Waals surface area (Å²) in [6.45, 7) is 2.36. The standard InChI is InChI=1S/C15H20N4S/c1(12-3-6-16-7-4-12)2-13-5-8-17-14(11-13)19-15-18-9-10-20-15/h5,8-12,16H,1-4,6-7H2,(H,17,18,19). The molecule has 0 spiro atoms. The van der Waals surface area contributed by atoms with E-state index in [4.69, 9.17) is 0 Å². The molecule has 1 aliphatic rings. The van der Waals surface area contributed by atoms with Crippen LogP contribution in [0.25, 0.3) is 0 Å². The highest BCUT2D eigenvalue weighted by molar-refractivity contribution is 7.13. The first-order valence-electron chi connectivity index (χ1n) is 7.22. The minimum absolute atomic E-state index is 0.875. The third-order valence-corrected chi connectivity index (χ3v) is 4.48. The molecule has 3 rings (SSSR count). The Balaban J connectivity index is 1.56. The molecule has 0 aromatic carbocycles. The minimum Gasteiger partial charge on any atom is -0.317 e. The topological polar surface area (TPSA) is 49.8 Å². The fourth-order valence-electron chi connectivity index (χ4n) is 2.63. The van der Waals surface area contributed by atoms with E-state index >= 15 is 0 Å². The molecule has 0 aliphatic carbocycles. The van der Waals surface area contributed by atoms with Gasteiger partial charge in [0, 0.05) is 17.8 Å². The van der Waals surface area contributed by atoms with E-state index in [-0.39, 0.29) is 0 Å². The predicted octanol–water partition coefficient (Wildman–Crippen LogP) is 3.21. The smallest absolute Gasteiger partial charge is 0.188 e. The second-order valence-electron chi connectivity index (χ2n) is 5.24. The summed E-state index contributed by atoms with van der Waals surface area (Å²) in [4.78, 5) is 8.58. The van der Waals surface area contributed by atoms with Crippen LogP contribution in [0, 0.1) is 5.92 Å². The third kappa shape index (κ3) is 3.77. The van der Waals surface area contributed by atoms with Gasteiger partial charge in [-0.05, 0) is 62.4 Å². The largest absolute Gasteiger partial charge is 0.317 e. The lowest BCUT2D eigenvalue weighted by Gasteiger charge is -2.22. The van der Waals surface area contributed by atoms with E-state index in [1.807, 2.05) is 11.6 Å². The Kier molecular flexibility index (Phi) is 4.61. The normalized spacial score (nSPS) is 16.2. The van der Waals surface area contributed by atoms with Crippen molar-refractivity contribution in [1.82, 2.24) is 15.3 Å². The first-order valence-corrected chi connectivity index (χ1v) is 8.10. The van der Waals surface area contributed by atoms with Gasteiger partial charge < -0.3 is 10.6 Å². The van der Waals surface area contributed by atoms with Gasteiger partial charge in [0.25, 0.3) is 0 Å². The Labute approximate surface area is 123 Å². The Morgan fingerprint density at radius 1 is 1.25 bits per heavy atom. The van der Waals surface area contributed by atoms with Crippen LogP contribution >= 0.6 is 11.3 Å². The zero-order valence-corrected chi connectivity index (χ0v) is 12.3. The minimum atomic E-state index is 0.875. The number of aryl methyl sites for hydroxylation is 1.